The molecule has 1 heterocycles. The fourth-order valence-corrected chi connectivity index (χ4v) is 2.06. The summed E-state index contributed by atoms with van der Waals surface area (Å²) in [6, 6.07) is 7.80. The number of hydrogen-bond donors (Lipinski definition) is 0. The average Bonchev–Trinajstić information content (AvgIpc) is 2.66. The molecule has 0 N–H and O–H groups in total. The van der Waals surface area contributed by atoms with Crippen LogP contribution in [0.4, 0.5) is 0 Å². The van der Waals surface area contributed by atoms with Crippen LogP contribution in [0.1, 0.15) is 16.8 Å². The number of aryl methyl sites for hydroxylation is 2. The van der Waals surface area contributed by atoms with Crippen molar-refractivity contribution in [2.75, 3.05) is 7.11 Å². The van der Waals surface area contributed by atoms with E-state index in [1.807, 2.05) is 38.2 Å². The van der Waals surface area contributed by atoms with Gasteiger partial charge in [0, 0.05) is 12.6 Å². The molecule has 0 aliphatic rings. The first-order chi connectivity index (χ1) is 9.11. The van der Waals surface area contributed by atoms with Gasteiger partial charge in [-0.25, -0.2) is 0 Å². The number of methoxy groups -OCH3 is 1. The second kappa shape index (κ2) is 6.08. The average molecular weight is 281 g/mol. The van der Waals surface area contributed by atoms with Crippen molar-refractivity contribution in [2.45, 2.75) is 20.1 Å². The number of nitrogens with zero attached hydrogens (tertiary/aromatic N) is 2. The Kier molecular flexibility index (Phi) is 4.45. The van der Waals surface area contributed by atoms with E-state index in [1.54, 1.807) is 11.8 Å². The maximum absolute atomic E-state index is 6.14. The largest absolute Gasteiger partial charge is 0.497 e. The minimum absolute atomic E-state index is 0.463. The summed E-state index contributed by atoms with van der Waals surface area (Å²) in [5.41, 5.74) is 2.94. The molecule has 0 aliphatic carbocycles. The Morgan fingerprint density at radius 3 is 2.42 bits per heavy atom. The summed E-state index contributed by atoms with van der Waals surface area (Å²) >= 11 is 6.14. The summed E-state index contributed by atoms with van der Waals surface area (Å²) in [4.78, 5) is 0. The van der Waals surface area contributed by atoms with Crippen LogP contribution in [0.5, 0.6) is 5.75 Å². The second-order valence-electron chi connectivity index (χ2n) is 4.32. The first-order valence-corrected chi connectivity index (χ1v) is 6.38. The van der Waals surface area contributed by atoms with Crippen LogP contribution in [0.2, 0.25) is 5.15 Å². The lowest BCUT2D eigenvalue weighted by atomic mass is 10.2. The molecule has 0 saturated heterocycles. The van der Waals surface area contributed by atoms with Gasteiger partial charge in [0.05, 0.1) is 26.0 Å². The molecule has 0 spiro atoms. The van der Waals surface area contributed by atoms with Crippen molar-refractivity contribution in [3.05, 3.63) is 46.2 Å². The van der Waals surface area contributed by atoms with E-state index in [0.717, 1.165) is 22.6 Å². The third-order valence-electron chi connectivity index (χ3n) is 2.94. The van der Waals surface area contributed by atoms with E-state index >= 15 is 0 Å². The molecule has 0 saturated carbocycles. The molecule has 0 aliphatic heterocycles. The maximum atomic E-state index is 6.14. The van der Waals surface area contributed by atoms with E-state index in [-0.39, 0.29) is 0 Å². The molecule has 0 bridgehead atoms. The highest BCUT2D eigenvalue weighted by atomic mass is 35.5. The lowest BCUT2D eigenvalue weighted by Crippen LogP contribution is -1.96. The standard InChI is InChI=1S/C14H17ClN2O2/c1-10-13(14(15)17(2)16-10)9-19-8-11-4-6-12(18-3)7-5-11/h4-7H,8-9H2,1-3H3. The van der Waals surface area contributed by atoms with Gasteiger partial charge in [0.25, 0.3) is 0 Å². The topological polar surface area (TPSA) is 36.3 Å². The summed E-state index contributed by atoms with van der Waals surface area (Å²) in [5, 5.41) is 4.88. The van der Waals surface area contributed by atoms with Crippen molar-refractivity contribution in [1.82, 2.24) is 9.78 Å². The Balaban J connectivity index is 1.92. The fraction of sp³-hybridized carbons (Fsp3) is 0.357. The molecule has 2 aromatic rings. The predicted octanol–water partition coefficient (Wildman–Crippen LogP) is 3.11. The molecule has 0 atom stereocenters. The quantitative estimate of drug-likeness (QED) is 0.844. The summed E-state index contributed by atoms with van der Waals surface area (Å²) in [7, 11) is 3.47. The highest BCUT2D eigenvalue weighted by Gasteiger charge is 2.10. The second-order valence-corrected chi connectivity index (χ2v) is 4.68. The van der Waals surface area contributed by atoms with Crippen molar-refractivity contribution in [2.24, 2.45) is 7.05 Å². The lowest BCUT2D eigenvalue weighted by Gasteiger charge is -2.05. The Morgan fingerprint density at radius 2 is 1.89 bits per heavy atom. The van der Waals surface area contributed by atoms with E-state index in [4.69, 9.17) is 21.1 Å². The van der Waals surface area contributed by atoms with Gasteiger partial charge in [-0.05, 0) is 24.6 Å². The molecule has 0 unspecified atom stereocenters. The molecule has 0 amide bonds. The number of benzene rings is 1. The highest BCUT2D eigenvalue weighted by Crippen LogP contribution is 2.20. The Labute approximate surface area is 117 Å². The van der Waals surface area contributed by atoms with Gasteiger partial charge < -0.3 is 9.47 Å². The SMILES string of the molecule is COc1ccc(COCc2c(C)nn(C)c2Cl)cc1. The van der Waals surface area contributed by atoms with Crippen LogP contribution < -0.4 is 4.74 Å². The van der Waals surface area contributed by atoms with Crippen molar-refractivity contribution in [3.8, 4) is 5.75 Å². The fourth-order valence-electron chi connectivity index (χ4n) is 1.83. The van der Waals surface area contributed by atoms with Crippen LogP contribution >= 0.6 is 11.6 Å². The van der Waals surface area contributed by atoms with Gasteiger partial charge in [0.2, 0.25) is 0 Å². The van der Waals surface area contributed by atoms with E-state index in [9.17, 15) is 0 Å². The Bertz CT molecular complexity index is 549. The molecular weight excluding hydrogens is 264 g/mol. The molecule has 102 valence electrons. The van der Waals surface area contributed by atoms with Crippen LogP contribution in [0.25, 0.3) is 0 Å². The van der Waals surface area contributed by atoms with Crippen molar-refractivity contribution >= 4 is 11.6 Å². The van der Waals surface area contributed by atoms with Crippen molar-refractivity contribution in [3.63, 3.8) is 0 Å². The van der Waals surface area contributed by atoms with E-state index in [2.05, 4.69) is 5.10 Å². The zero-order valence-electron chi connectivity index (χ0n) is 11.3. The summed E-state index contributed by atoms with van der Waals surface area (Å²) in [6.45, 7) is 2.93. The van der Waals surface area contributed by atoms with Crippen LogP contribution in [0.15, 0.2) is 24.3 Å². The number of aromatic nitrogens is 2. The monoisotopic (exact) mass is 280 g/mol. The minimum Gasteiger partial charge on any atom is -0.497 e. The van der Waals surface area contributed by atoms with E-state index in [0.29, 0.717) is 18.4 Å². The van der Waals surface area contributed by atoms with E-state index in [1.165, 1.54) is 0 Å². The first kappa shape index (κ1) is 13.9. The van der Waals surface area contributed by atoms with Gasteiger partial charge >= 0.3 is 0 Å². The lowest BCUT2D eigenvalue weighted by molar-refractivity contribution is 0.107. The normalized spacial score (nSPS) is 10.7. The Morgan fingerprint density at radius 1 is 1.21 bits per heavy atom. The molecule has 4 nitrogen and oxygen atoms in total. The van der Waals surface area contributed by atoms with Gasteiger partial charge in [-0.3, -0.25) is 4.68 Å². The van der Waals surface area contributed by atoms with Gasteiger partial charge in [-0.1, -0.05) is 23.7 Å². The van der Waals surface area contributed by atoms with Crippen LogP contribution in [-0.4, -0.2) is 16.9 Å². The van der Waals surface area contributed by atoms with Gasteiger partial charge in [0.1, 0.15) is 10.9 Å². The van der Waals surface area contributed by atoms with Crippen LogP contribution in [0.3, 0.4) is 0 Å². The van der Waals surface area contributed by atoms with Gasteiger partial charge in [0.15, 0.2) is 0 Å². The van der Waals surface area contributed by atoms with Gasteiger partial charge in [-0.15, -0.1) is 0 Å². The highest BCUT2D eigenvalue weighted by molar-refractivity contribution is 6.30. The molecule has 0 fully saturated rings. The minimum atomic E-state index is 0.463. The number of halogens is 1. The molecule has 2 rings (SSSR count). The maximum Gasteiger partial charge on any atom is 0.132 e. The summed E-state index contributed by atoms with van der Waals surface area (Å²) in [5.74, 6) is 0.842. The summed E-state index contributed by atoms with van der Waals surface area (Å²) in [6.07, 6.45) is 0. The molecule has 1 aromatic heterocycles. The smallest absolute Gasteiger partial charge is 0.132 e. The number of hydrogen-bond acceptors (Lipinski definition) is 3. The van der Waals surface area contributed by atoms with E-state index < -0.39 is 0 Å². The first-order valence-electron chi connectivity index (χ1n) is 6.00. The number of ether oxygens (including phenoxy) is 2. The van der Waals surface area contributed by atoms with Crippen molar-refractivity contribution < 1.29 is 9.47 Å². The number of rotatable bonds is 5. The zero-order valence-corrected chi connectivity index (χ0v) is 12.1. The molecule has 0 radical (unpaired) electrons. The molecule has 19 heavy (non-hydrogen) atoms. The molecular formula is C14H17ClN2O2. The molecule has 5 heteroatoms. The van der Waals surface area contributed by atoms with Gasteiger partial charge in [-0.2, -0.15) is 5.10 Å². The molecule has 1 aromatic carbocycles. The van der Waals surface area contributed by atoms with Crippen LogP contribution in [-0.2, 0) is 25.0 Å². The summed E-state index contributed by atoms with van der Waals surface area (Å²) < 4.78 is 12.4. The Hall–Kier alpha value is -1.52. The van der Waals surface area contributed by atoms with Crippen molar-refractivity contribution in [1.29, 1.82) is 0 Å². The predicted molar refractivity (Wildman–Crippen MR) is 74.4 cm³/mol. The zero-order chi connectivity index (χ0) is 13.8. The third kappa shape index (κ3) is 3.28. The van der Waals surface area contributed by atoms with Crippen LogP contribution in [0, 0.1) is 6.92 Å². The third-order valence-corrected chi connectivity index (χ3v) is 3.42.